The number of carboxylic acids is 1. The molecular weight excluding hydrogens is 216 g/mol. The largest absolute Gasteiger partial charge is 0.479 e. The Hall–Kier alpha value is -2.15. The summed E-state index contributed by atoms with van der Waals surface area (Å²) in [5.74, 6) is -1.62. The summed E-state index contributed by atoms with van der Waals surface area (Å²) >= 11 is 0. The van der Waals surface area contributed by atoms with Gasteiger partial charge in [-0.1, -0.05) is 0 Å². The van der Waals surface area contributed by atoms with Crippen molar-refractivity contribution >= 4 is 17.8 Å². The van der Waals surface area contributed by atoms with Crippen LogP contribution in [-0.4, -0.2) is 35.7 Å². The van der Waals surface area contributed by atoms with Crippen molar-refractivity contribution in [3.05, 3.63) is 23.9 Å². The molecule has 1 aromatic heterocycles. The molecule has 0 spiro atoms. The molecule has 0 fully saturated rings. The Morgan fingerprint density at radius 1 is 1.56 bits per heavy atom. The molecule has 0 saturated heterocycles. The van der Waals surface area contributed by atoms with E-state index < -0.39 is 18.5 Å². The van der Waals surface area contributed by atoms with Gasteiger partial charge >= 0.3 is 11.9 Å². The number of nitrogens with one attached hydrogen (secondary N) is 1. The highest BCUT2D eigenvalue weighted by molar-refractivity contribution is 5.94. The second-order valence-electron chi connectivity index (χ2n) is 2.68. The van der Waals surface area contributed by atoms with Crippen LogP contribution in [0.3, 0.4) is 0 Å². The van der Waals surface area contributed by atoms with Crippen molar-refractivity contribution in [3.63, 3.8) is 0 Å². The molecule has 0 bridgehead atoms. The van der Waals surface area contributed by atoms with Crippen LogP contribution in [0.5, 0.6) is 0 Å². The van der Waals surface area contributed by atoms with Crippen LogP contribution in [0.1, 0.15) is 10.4 Å². The molecule has 0 unspecified atom stereocenters. The number of aliphatic carboxylic acids is 1. The fourth-order valence-corrected chi connectivity index (χ4v) is 0.927. The number of pyridine rings is 1. The zero-order valence-electron chi connectivity index (χ0n) is 8.47. The van der Waals surface area contributed by atoms with Crippen LogP contribution >= 0.6 is 0 Å². The summed E-state index contributed by atoms with van der Waals surface area (Å²) < 4.78 is 4.51. The third kappa shape index (κ3) is 3.21. The quantitative estimate of drug-likeness (QED) is 0.550. The summed E-state index contributed by atoms with van der Waals surface area (Å²) in [4.78, 5) is 29.9. The van der Waals surface area contributed by atoms with Crippen LogP contribution in [0, 0.1) is 0 Å². The second-order valence-corrected chi connectivity index (χ2v) is 2.68. The predicted molar refractivity (Wildman–Crippen MR) is 52.8 cm³/mol. The molecule has 86 valence electrons. The Kier molecular flexibility index (Phi) is 4.22. The van der Waals surface area contributed by atoms with Gasteiger partial charge in [-0.15, -0.1) is 0 Å². The maximum atomic E-state index is 11.3. The average Bonchev–Trinajstić information content (AvgIpc) is 2.28. The SMILES string of the molecule is COC(=O)c1cccnc1NOCC(=O)O. The van der Waals surface area contributed by atoms with E-state index in [1.54, 1.807) is 6.07 Å². The topological polar surface area (TPSA) is 97.8 Å². The Morgan fingerprint density at radius 2 is 2.31 bits per heavy atom. The third-order valence-electron chi connectivity index (χ3n) is 1.58. The van der Waals surface area contributed by atoms with Crippen LogP contribution in [0.2, 0.25) is 0 Å². The number of nitrogens with zero attached hydrogens (tertiary/aromatic N) is 1. The molecule has 2 N–H and O–H groups in total. The molecule has 0 radical (unpaired) electrons. The van der Waals surface area contributed by atoms with Crippen LogP contribution in [0.15, 0.2) is 18.3 Å². The minimum Gasteiger partial charge on any atom is -0.479 e. The van der Waals surface area contributed by atoms with Gasteiger partial charge in [0.2, 0.25) is 0 Å². The van der Waals surface area contributed by atoms with Crippen molar-refractivity contribution in [1.29, 1.82) is 0 Å². The molecule has 0 aromatic carbocycles. The number of methoxy groups -OCH3 is 1. The number of hydrogen-bond acceptors (Lipinski definition) is 6. The molecular formula is C9H10N2O5. The number of hydrogen-bond donors (Lipinski definition) is 2. The molecule has 7 nitrogen and oxygen atoms in total. The number of carboxylic acid groups (broad SMARTS) is 1. The Morgan fingerprint density at radius 3 is 2.94 bits per heavy atom. The van der Waals surface area contributed by atoms with E-state index in [-0.39, 0.29) is 11.4 Å². The van der Waals surface area contributed by atoms with Gasteiger partial charge in [0.25, 0.3) is 0 Å². The highest BCUT2D eigenvalue weighted by Crippen LogP contribution is 2.12. The molecule has 7 heteroatoms. The van der Waals surface area contributed by atoms with Gasteiger partial charge in [-0.05, 0) is 12.1 Å². The Labute approximate surface area is 91.0 Å². The van der Waals surface area contributed by atoms with Crippen LogP contribution < -0.4 is 5.48 Å². The van der Waals surface area contributed by atoms with Crippen LogP contribution in [0.4, 0.5) is 5.82 Å². The van der Waals surface area contributed by atoms with Crippen molar-refractivity contribution in [3.8, 4) is 0 Å². The van der Waals surface area contributed by atoms with E-state index in [0.717, 1.165) is 0 Å². The summed E-state index contributed by atoms with van der Waals surface area (Å²) in [5.41, 5.74) is 2.43. The van der Waals surface area contributed by atoms with Gasteiger partial charge in [0, 0.05) is 6.20 Å². The molecule has 0 amide bonds. The van der Waals surface area contributed by atoms with Crippen LogP contribution in [-0.2, 0) is 14.4 Å². The highest BCUT2D eigenvalue weighted by Gasteiger charge is 2.12. The van der Waals surface area contributed by atoms with Crippen molar-refractivity contribution in [2.24, 2.45) is 0 Å². The number of esters is 1. The lowest BCUT2D eigenvalue weighted by Gasteiger charge is -2.07. The van der Waals surface area contributed by atoms with Crippen molar-refractivity contribution in [2.45, 2.75) is 0 Å². The second kappa shape index (κ2) is 5.66. The fourth-order valence-electron chi connectivity index (χ4n) is 0.927. The summed E-state index contributed by atoms with van der Waals surface area (Å²) in [6, 6.07) is 3.03. The maximum absolute atomic E-state index is 11.3. The number of carbonyl (C=O) groups excluding carboxylic acids is 1. The van der Waals surface area contributed by atoms with E-state index in [1.807, 2.05) is 0 Å². The van der Waals surface area contributed by atoms with E-state index in [0.29, 0.717) is 0 Å². The first-order valence-electron chi connectivity index (χ1n) is 4.28. The predicted octanol–water partition coefficient (Wildman–Crippen LogP) is 0.296. The summed E-state index contributed by atoms with van der Waals surface area (Å²) in [6.45, 7) is -0.544. The van der Waals surface area contributed by atoms with Crippen molar-refractivity contribution < 1.29 is 24.3 Å². The lowest BCUT2D eigenvalue weighted by Crippen LogP contribution is -2.14. The molecule has 16 heavy (non-hydrogen) atoms. The number of rotatable bonds is 5. The minimum atomic E-state index is -1.14. The first-order chi connectivity index (χ1) is 7.65. The fraction of sp³-hybridized carbons (Fsp3) is 0.222. The van der Waals surface area contributed by atoms with Crippen LogP contribution in [0.25, 0.3) is 0 Å². The van der Waals surface area contributed by atoms with Gasteiger partial charge in [-0.3, -0.25) is 4.84 Å². The zero-order chi connectivity index (χ0) is 12.0. The first-order valence-corrected chi connectivity index (χ1v) is 4.28. The number of anilines is 1. The van der Waals surface area contributed by atoms with E-state index >= 15 is 0 Å². The smallest absolute Gasteiger partial charge is 0.341 e. The van der Waals surface area contributed by atoms with E-state index in [9.17, 15) is 9.59 Å². The lowest BCUT2D eigenvalue weighted by atomic mass is 10.2. The normalized spacial score (nSPS) is 9.56. The minimum absolute atomic E-state index is 0.107. The molecule has 0 saturated carbocycles. The van der Waals surface area contributed by atoms with Gasteiger partial charge in [-0.25, -0.2) is 20.1 Å². The Bertz CT molecular complexity index is 393. The number of aromatic nitrogens is 1. The highest BCUT2D eigenvalue weighted by atomic mass is 16.7. The molecule has 0 aliphatic heterocycles. The average molecular weight is 226 g/mol. The van der Waals surface area contributed by atoms with Gasteiger partial charge < -0.3 is 9.84 Å². The van der Waals surface area contributed by atoms with E-state index in [1.165, 1.54) is 19.4 Å². The molecule has 1 aromatic rings. The zero-order valence-corrected chi connectivity index (χ0v) is 8.47. The van der Waals surface area contributed by atoms with Crippen molar-refractivity contribution in [2.75, 3.05) is 19.2 Å². The van der Waals surface area contributed by atoms with Gasteiger partial charge in [0.05, 0.1) is 7.11 Å². The third-order valence-corrected chi connectivity index (χ3v) is 1.58. The molecule has 0 aliphatic carbocycles. The van der Waals surface area contributed by atoms with Crippen molar-refractivity contribution in [1.82, 2.24) is 4.98 Å². The maximum Gasteiger partial charge on any atom is 0.341 e. The Balaban J connectivity index is 2.71. The first kappa shape index (κ1) is 11.9. The molecule has 1 heterocycles. The van der Waals surface area contributed by atoms with E-state index in [2.05, 4.69) is 20.0 Å². The van der Waals surface area contributed by atoms with Gasteiger partial charge in [-0.2, -0.15) is 0 Å². The monoisotopic (exact) mass is 226 g/mol. The number of carbonyl (C=O) groups is 2. The standard InChI is InChI=1S/C9H10N2O5/c1-15-9(14)6-3-2-4-10-8(6)11-16-5-7(12)13/h2-4H,5H2,1H3,(H,10,11)(H,12,13). The van der Waals surface area contributed by atoms with Gasteiger partial charge in [0.1, 0.15) is 5.56 Å². The lowest BCUT2D eigenvalue weighted by molar-refractivity contribution is -0.141. The summed E-state index contributed by atoms with van der Waals surface area (Å²) in [7, 11) is 1.23. The summed E-state index contributed by atoms with van der Waals surface area (Å²) in [5, 5.41) is 8.34. The van der Waals surface area contributed by atoms with E-state index in [4.69, 9.17) is 5.11 Å². The molecule has 0 atom stereocenters. The van der Waals surface area contributed by atoms with Gasteiger partial charge in [0.15, 0.2) is 12.4 Å². The summed E-state index contributed by atoms with van der Waals surface area (Å²) in [6.07, 6.45) is 1.43. The number of ether oxygens (including phenoxy) is 1. The molecule has 0 aliphatic rings. The molecule has 1 rings (SSSR count).